The summed E-state index contributed by atoms with van der Waals surface area (Å²) >= 11 is 0. The van der Waals surface area contributed by atoms with Gasteiger partial charge >= 0.3 is 0 Å². The van der Waals surface area contributed by atoms with Crippen molar-refractivity contribution in [3.8, 4) is 0 Å². The van der Waals surface area contributed by atoms with Gasteiger partial charge in [-0.1, -0.05) is 0 Å². The third-order valence-corrected chi connectivity index (χ3v) is 2.67. The fourth-order valence-corrected chi connectivity index (χ4v) is 1.73. The molecular formula is C12H17N3O2. The Hall–Kier alpha value is -1.59. The molecule has 1 heterocycles. The van der Waals surface area contributed by atoms with Crippen LogP contribution in [-0.4, -0.2) is 43.7 Å². The quantitative estimate of drug-likeness (QED) is 0.750. The van der Waals surface area contributed by atoms with Crippen LogP contribution in [0.5, 0.6) is 0 Å². The molecule has 1 fully saturated rings. The number of hydrogen-bond acceptors (Lipinski definition) is 4. The molecule has 0 bridgehead atoms. The summed E-state index contributed by atoms with van der Waals surface area (Å²) in [5.74, 6) is -0.00308. The van der Waals surface area contributed by atoms with E-state index < -0.39 is 0 Å². The third-order valence-electron chi connectivity index (χ3n) is 2.67. The van der Waals surface area contributed by atoms with Crippen molar-refractivity contribution in [3.63, 3.8) is 0 Å². The average molecular weight is 235 g/mol. The van der Waals surface area contributed by atoms with Gasteiger partial charge in [0.2, 0.25) is 5.91 Å². The average Bonchev–Trinajstić information content (AvgIpc) is 2.33. The number of hydrogen-bond donors (Lipinski definition) is 2. The van der Waals surface area contributed by atoms with Crippen LogP contribution in [0.1, 0.15) is 0 Å². The molecule has 3 N–H and O–H groups in total. The Morgan fingerprint density at radius 1 is 1.29 bits per heavy atom. The van der Waals surface area contributed by atoms with Crippen LogP contribution in [0.4, 0.5) is 11.4 Å². The minimum absolute atomic E-state index is 0.00308. The fourth-order valence-electron chi connectivity index (χ4n) is 1.73. The van der Waals surface area contributed by atoms with Gasteiger partial charge < -0.3 is 15.8 Å². The van der Waals surface area contributed by atoms with E-state index in [-0.39, 0.29) is 5.91 Å². The zero-order valence-corrected chi connectivity index (χ0v) is 9.69. The molecule has 1 aromatic carbocycles. The van der Waals surface area contributed by atoms with Crippen LogP contribution in [0.3, 0.4) is 0 Å². The maximum absolute atomic E-state index is 11.7. The lowest BCUT2D eigenvalue weighted by Crippen LogP contribution is -2.41. The molecule has 0 aromatic heterocycles. The standard InChI is InChI=1S/C12H17N3O2/c13-10-1-3-11(4-2-10)14-12(16)9-15-5-7-17-8-6-15/h1-4H,5-9,13H2,(H,14,16). The van der Waals surface area contributed by atoms with Gasteiger partial charge in [-0.05, 0) is 24.3 Å². The number of carbonyl (C=O) groups excluding carboxylic acids is 1. The number of carbonyl (C=O) groups is 1. The van der Waals surface area contributed by atoms with E-state index in [1.165, 1.54) is 0 Å². The molecular weight excluding hydrogens is 218 g/mol. The van der Waals surface area contributed by atoms with E-state index in [1.54, 1.807) is 24.3 Å². The minimum atomic E-state index is -0.00308. The van der Waals surface area contributed by atoms with Crippen molar-refractivity contribution in [1.29, 1.82) is 0 Å². The molecule has 1 amide bonds. The number of nitrogens with zero attached hydrogens (tertiary/aromatic N) is 1. The van der Waals surface area contributed by atoms with E-state index in [9.17, 15) is 4.79 Å². The molecule has 0 radical (unpaired) electrons. The normalized spacial score (nSPS) is 16.7. The summed E-state index contributed by atoms with van der Waals surface area (Å²) < 4.78 is 5.23. The number of rotatable bonds is 3. The number of amides is 1. The number of ether oxygens (including phenoxy) is 1. The van der Waals surface area contributed by atoms with Crippen molar-refractivity contribution in [2.45, 2.75) is 0 Å². The second-order valence-electron chi connectivity index (χ2n) is 4.06. The fraction of sp³-hybridized carbons (Fsp3) is 0.417. The smallest absolute Gasteiger partial charge is 0.238 e. The first-order valence-corrected chi connectivity index (χ1v) is 5.69. The Bertz CT molecular complexity index is 372. The first-order valence-electron chi connectivity index (χ1n) is 5.69. The number of nitrogens with one attached hydrogen (secondary N) is 1. The highest BCUT2D eigenvalue weighted by Crippen LogP contribution is 2.10. The largest absolute Gasteiger partial charge is 0.399 e. The number of anilines is 2. The second-order valence-corrected chi connectivity index (χ2v) is 4.06. The van der Waals surface area contributed by atoms with Gasteiger partial charge in [0, 0.05) is 24.5 Å². The predicted molar refractivity (Wildman–Crippen MR) is 66.7 cm³/mol. The van der Waals surface area contributed by atoms with Crippen LogP contribution < -0.4 is 11.1 Å². The van der Waals surface area contributed by atoms with Crippen LogP contribution in [0.25, 0.3) is 0 Å². The lowest BCUT2D eigenvalue weighted by molar-refractivity contribution is -0.118. The van der Waals surface area contributed by atoms with Crippen molar-refractivity contribution < 1.29 is 9.53 Å². The van der Waals surface area contributed by atoms with E-state index >= 15 is 0 Å². The molecule has 0 unspecified atom stereocenters. The Balaban J connectivity index is 1.82. The maximum Gasteiger partial charge on any atom is 0.238 e. The van der Waals surface area contributed by atoms with Crippen molar-refractivity contribution >= 4 is 17.3 Å². The summed E-state index contributed by atoms with van der Waals surface area (Å²) in [7, 11) is 0. The Kier molecular flexibility index (Phi) is 3.95. The maximum atomic E-state index is 11.7. The molecule has 1 saturated heterocycles. The van der Waals surface area contributed by atoms with E-state index in [0.29, 0.717) is 25.4 Å². The molecule has 0 saturated carbocycles. The van der Waals surface area contributed by atoms with E-state index in [2.05, 4.69) is 10.2 Å². The van der Waals surface area contributed by atoms with E-state index in [1.807, 2.05) is 0 Å². The van der Waals surface area contributed by atoms with Gasteiger partial charge in [0.1, 0.15) is 0 Å². The van der Waals surface area contributed by atoms with E-state index in [0.717, 1.165) is 18.8 Å². The van der Waals surface area contributed by atoms with Crippen LogP contribution in [0, 0.1) is 0 Å². The molecule has 5 heteroatoms. The molecule has 2 rings (SSSR count). The van der Waals surface area contributed by atoms with Gasteiger partial charge in [0.15, 0.2) is 0 Å². The lowest BCUT2D eigenvalue weighted by Gasteiger charge is -2.25. The molecule has 1 aromatic rings. The molecule has 1 aliphatic rings. The molecule has 17 heavy (non-hydrogen) atoms. The third kappa shape index (κ3) is 3.72. The molecule has 1 aliphatic heterocycles. The minimum Gasteiger partial charge on any atom is -0.399 e. The summed E-state index contributed by atoms with van der Waals surface area (Å²) in [5, 5.41) is 2.84. The highest BCUT2D eigenvalue weighted by atomic mass is 16.5. The van der Waals surface area contributed by atoms with Crippen molar-refractivity contribution in [1.82, 2.24) is 4.90 Å². The number of nitrogens with two attached hydrogens (primary N) is 1. The number of nitrogen functional groups attached to an aromatic ring is 1. The number of morpholine rings is 1. The van der Waals surface area contributed by atoms with Gasteiger partial charge in [0.25, 0.3) is 0 Å². The summed E-state index contributed by atoms with van der Waals surface area (Å²) in [5.41, 5.74) is 7.04. The lowest BCUT2D eigenvalue weighted by atomic mass is 10.3. The van der Waals surface area contributed by atoms with Crippen LogP contribution in [0.15, 0.2) is 24.3 Å². The summed E-state index contributed by atoms with van der Waals surface area (Å²) in [6, 6.07) is 7.13. The topological polar surface area (TPSA) is 67.6 Å². The highest BCUT2D eigenvalue weighted by molar-refractivity contribution is 5.92. The Labute approximate surface area is 101 Å². The predicted octanol–water partition coefficient (Wildman–Crippen LogP) is 0.539. The summed E-state index contributed by atoms with van der Waals surface area (Å²) in [6.07, 6.45) is 0. The first kappa shape index (κ1) is 11.9. The molecule has 0 atom stereocenters. The van der Waals surface area contributed by atoms with Gasteiger partial charge in [-0.15, -0.1) is 0 Å². The van der Waals surface area contributed by atoms with Gasteiger partial charge in [-0.25, -0.2) is 0 Å². The molecule has 0 aliphatic carbocycles. The zero-order valence-electron chi connectivity index (χ0n) is 9.69. The molecule has 5 nitrogen and oxygen atoms in total. The highest BCUT2D eigenvalue weighted by Gasteiger charge is 2.13. The van der Waals surface area contributed by atoms with Crippen molar-refractivity contribution in [2.75, 3.05) is 43.9 Å². The van der Waals surface area contributed by atoms with Crippen LogP contribution in [-0.2, 0) is 9.53 Å². The Morgan fingerprint density at radius 2 is 1.94 bits per heavy atom. The molecule has 0 spiro atoms. The van der Waals surface area contributed by atoms with Gasteiger partial charge in [-0.2, -0.15) is 0 Å². The molecule has 92 valence electrons. The number of benzene rings is 1. The SMILES string of the molecule is Nc1ccc(NC(=O)CN2CCOCC2)cc1. The first-order chi connectivity index (χ1) is 8.24. The monoisotopic (exact) mass is 235 g/mol. The zero-order chi connectivity index (χ0) is 12.1. The van der Waals surface area contributed by atoms with Crippen molar-refractivity contribution in [2.24, 2.45) is 0 Å². The van der Waals surface area contributed by atoms with Gasteiger partial charge in [0.05, 0.1) is 19.8 Å². The summed E-state index contributed by atoms with van der Waals surface area (Å²) in [6.45, 7) is 3.45. The summed E-state index contributed by atoms with van der Waals surface area (Å²) in [4.78, 5) is 13.8. The van der Waals surface area contributed by atoms with Crippen molar-refractivity contribution in [3.05, 3.63) is 24.3 Å². The van der Waals surface area contributed by atoms with Crippen LogP contribution >= 0.6 is 0 Å². The second kappa shape index (κ2) is 5.65. The van der Waals surface area contributed by atoms with Gasteiger partial charge in [-0.3, -0.25) is 9.69 Å². The van der Waals surface area contributed by atoms with E-state index in [4.69, 9.17) is 10.5 Å². The van der Waals surface area contributed by atoms with Crippen LogP contribution in [0.2, 0.25) is 0 Å². The Morgan fingerprint density at radius 3 is 2.59 bits per heavy atom.